The van der Waals surface area contributed by atoms with Crippen LogP contribution in [0.5, 0.6) is 0 Å². The predicted molar refractivity (Wildman–Crippen MR) is 92.8 cm³/mol. The molecule has 0 aliphatic rings. The number of halogens is 3. The third-order valence-corrected chi connectivity index (χ3v) is 3.80. The van der Waals surface area contributed by atoms with E-state index in [1.165, 1.54) is 0 Å². The maximum atomic E-state index is 13.1. The first-order valence-electron chi connectivity index (χ1n) is 8.26. The van der Waals surface area contributed by atoms with Crippen molar-refractivity contribution in [3.8, 4) is 0 Å². The summed E-state index contributed by atoms with van der Waals surface area (Å²) in [6, 6.07) is 4.11. The molecule has 0 aliphatic heterocycles. The Kier molecular flexibility index (Phi) is 6.73. The number of nitrogens with zero attached hydrogens (tertiary/aromatic N) is 3. The minimum atomic E-state index is -4.59. The summed E-state index contributed by atoms with van der Waals surface area (Å²) in [5.41, 5.74) is -0.0297. The first kappa shape index (κ1) is 19.9. The smallest absolute Gasteiger partial charge is 0.394 e. The molecule has 2 rings (SSSR count). The molecule has 0 saturated heterocycles. The van der Waals surface area contributed by atoms with Gasteiger partial charge in [-0.1, -0.05) is 13.8 Å². The number of aliphatic hydroxyl groups is 1. The molecule has 6 nitrogen and oxygen atoms in total. The van der Waals surface area contributed by atoms with Gasteiger partial charge in [-0.2, -0.15) is 18.2 Å². The number of alkyl halides is 3. The molecule has 3 N–H and O–H groups in total. The summed E-state index contributed by atoms with van der Waals surface area (Å²) in [6.07, 6.45) is -0.662. The van der Waals surface area contributed by atoms with Crippen LogP contribution in [0.2, 0.25) is 0 Å². The van der Waals surface area contributed by atoms with Gasteiger partial charge in [0.15, 0.2) is 5.69 Å². The van der Waals surface area contributed by atoms with Crippen LogP contribution in [-0.4, -0.2) is 39.3 Å². The monoisotopic (exact) mass is 369 g/mol. The molecule has 26 heavy (non-hydrogen) atoms. The Hall–Kier alpha value is -2.42. The highest BCUT2D eigenvalue weighted by Gasteiger charge is 2.34. The fourth-order valence-electron chi connectivity index (χ4n) is 2.22. The zero-order chi connectivity index (χ0) is 19.2. The maximum absolute atomic E-state index is 13.1. The van der Waals surface area contributed by atoms with Gasteiger partial charge in [0, 0.05) is 25.0 Å². The number of hydrogen-bond acceptors (Lipinski definition) is 6. The van der Waals surface area contributed by atoms with E-state index in [9.17, 15) is 18.3 Å². The Balaban J connectivity index is 2.14. The Morgan fingerprint density at radius 2 is 1.85 bits per heavy atom. The fraction of sp³-hybridized carbons (Fsp3) is 0.471. The maximum Gasteiger partial charge on any atom is 0.433 e. The van der Waals surface area contributed by atoms with Crippen LogP contribution < -0.4 is 10.6 Å². The van der Waals surface area contributed by atoms with Crippen LogP contribution in [0.4, 0.5) is 24.9 Å². The highest BCUT2D eigenvalue weighted by Crippen LogP contribution is 2.30. The molecule has 2 aromatic rings. The average molecular weight is 369 g/mol. The molecule has 0 unspecified atom stereocenters. The van der Waals surface area contributed by atoms with E-state index in [1.54, 1.807) is 12.4 Å². The molecule has 0 radical (unpaired) electrons. The van der Waals surface area contributed by atoms with E-state index in [-0.39, 0.29) is 24.3 Å². The van der Waals surface area contributed by atoms with E-state index in [1.807, 2.05) is 26.0 Å². The van der Waals surface area contributed by atoms with Gasteiger partial charge >= 0.3 is 6.18 Å². The van der Waals surface area contributed by atoms with Gasteiger partial charge in [-0.05, 0) is 30.0 Å². The second kappa shape index (κ2) is 8.79. The van der Waals surface area contributed by atoms with Gasteiger partial charge in [-0.3, -0.25) is 4.98 Å². The molecule has 0 fully saturated rings. The number of pyridine rings is 1. The highest BCUT2D eigenvalue weighted by atomic mass is 19.4. The molecular weight excluding hydrogens is 347 g/mol. The van der Waals surface area contributed by atoms with Crippen molar-refractivity contribution >= 4 is 11.8 Å². The third kappa shape index (κ3) is 5.83. The number of rotatable bonds is 8. The lowest BCUT2D eigenvalue weighted by atomic mass is 10.1. The van der Waals surface area contributed by atoms with E-state index in [4.69, 9.17) is 0 Å². The van der Waals surface area contributed by atoms with E-state index in [0.29, 0.717) is 13.0 Å². The number of aliphatic hydroxyl groups excluding tert-OH is 1. The zero-order valence-corrected chi connectivity index (χ0v) is 14.6. The fourth-order valence-corrected chi connectivity index (χ4v) is 2.22. The van der Waals surface area contributed by atoms with Gasteiger partial charge in [-0.25, -0.2) is 4.98 Å². The largest absolute Gasteiger partial charge is 0.433 e. The van der Waals surface area contributed by atoms with E-state index in [0.717, 1.165) is 11.6 Å². The number of anilines is 2. The van der Waals surface area contributed by atoms with Gasteiger partial charge < -0.3 is 15.7 Å². The highest BCUT2D eigenvalue weighted by molar-refractivity contribution is 5.43. The van der Waals surface area contributed by atoms with E-state index < -0.39 is 17.9 Å². The van der Waals surface area contributed by atoms with Crippen molar-refractivity contribution in [2.24, 2.45) is 5.92 Å². The molecule has 0 amide bonds. The van der Waals surface area contributed by atoms with Crippen LogP contribution in [0.1, 0.15) is 25.1 Å². The molecule has 0 saturated carbocycles. The standard InChI is InChI=1S/C17H22F3N5O/c1-11(2)13(10-26)23-16-24-14(17(18,19)20)9-15(25-16)22-8-5-12-3-6-21-7-4-12/h3-4,6-7,9,11,13,26H,5,8,10H2,1-2H3,(H2,22,23,24,25)/t13-/m1/s1. The van der Waals surface area contributed by atoms with Crippen molar-refractivity contribution in [2.45, 2.75) is 32.5 Å². The summed E-state index contributed by atoms with van der Waals surface area (Å²) >= 11 is 0. The quantitative estimate of drug-likeness (QED) is 0.664. The van der Waals surface area contributed by atoms with Crippen molar-refractivity contribution < 1.29 is 18.3 Å². The summed E-state index contributed by atoms with van der Waals surface area (Å²) < 4.78 is 39.3. The number of aromatic nitrogens is 3. The molecule has 0 aliphatic carbocycles. The van der Waals surface area contributed by atoms with Crippen LogP contribution in [0.15, 0.2) is 30.6 Å². The number of hydrogen-bond donors (Lipinski definition) is 3. The van der Waals surface area contributed by atoms with Crippen LogP contribution in [0, 0.1) is 5.92 Å². The lowest BCUT2D eigenvalue weighted by molar-refractivity contribution is -0.141. The Morgan fingerprint density at radius 1 is 1.15 bits per heavy atom. The van der Waals surface area contributed by atoms with Crippen LogP contribution in [-0.2, 0) is 12.6 Å². The van der Waals surface area contributed by atoms with Crippen molar-refractivity contribution in [3.63, 3.8) is 0 Å². The third-order valence-electron chi connectivity index (χ3n) is 3.80. The summed E-state index contributed by atoms with van der Waals surface area (Å²) in [5, 5.41) is 15.0. The lowest BCUT2D eigenvalue weighted by Crippen LogP contribution is -2.31. The molecule has 0 bridgehead atoms. The van der Waals surface area contributed by atoms with Crippen LogP contribution >= 0.6 is 0 Å². The van der Waals surface area contributed by atoms with Crippen molar-refractivity contribution in [3.05, 3.63) is 41.9 Å². The minimum Gasteiger partial charge on any atom is -0.394 e. The molecule has 1 atom stereocenters. The van der Waals surface area contributed by atoms with Gasteiger partial charge in [-0.15, -0.1) is 0 Å². The molecule has 2 aromatic heterocycles. The summed E-state index contributed by atoms with van der Waals surface area (Å²) in [6.45, 7) is 3.86. The van der Waals surface area contributed by atoms with Gasteiger partial charge in [0.1, 0.15) is 5.82 Å². The van der Waals surface area contributed by atoms with Gasteiger partial charge in [0.05, 0.1) is 12.6 Å². The summed E-state index contributed by atoms with van der Waals surface area (Å²) in [7, 11) is 0. The van der Waals surface area contributed by atoms with Crippen molar-refractivity contribution in [1.29, 1.82) is 0 Å². The normalized spacial score (nSPS) is 12.9. The summed E-state index contributed by atoms with van der Waals surface area (Å²) in [4.78, 5) is 11.5. The SMILES string of the molecule is CC(C)[C@@H](CO)Nc1nc(NCCc2ccncc2)cc(C(F)(F)F)n1. The topological polar surface area (TPSA) is 83.0 Å². The van der Waals surface area contributed by atoms with Gasteiger partial charge in [0.25, 0.3) is 0 Å². The number of nitrogens with one attached hydrogen (secondary N) is 2. The second-order valence-electron chi connectivity index (χ2n) is 6.17. The molecule has 142 valence electrons. The molecule has 0 spiro atoms. The first-order valence-corrected chi connectivity index (χ1v) is 8.26. The summed E-state index contributed by atoms with van der Waals surface area (Å²) in [5.74, 6) is -0.0930. The first-order chi connectivity index (χ1) is 12.3. The molecule has 0 aromatic carbocycles. The Morgan fingerprint density at radius 3 is 2.42 bits per heavy atom. The zero-order valence-electron chi connectivity index (χ0n) is 14.6. The average Bonchev–Trinajstić information content (AvgIpc) is 2.59. The Labute approximate surface area is 149 Å². The van der Waals surface area contributed by atoms with E-state index in [2.05, 4.69) is 25.6 Å². The lowest BCUT2D eigenvalue weighted by Gasteiger charge is -2.21. The Bertz CT molecular complexity index is 695. The van der Waals surface area contributed by atoms with Crippen molar-refractivity contribution in [2.75, 3.05) is 23.8 Å². The van der Waals surface area contributed by atoms with Crippen LogP contribution in [0.25, 0.3) is 0 Å². The minimum absolute atomic E-state index is 0.00115. The van der Waals surface area contributed by atoms with E-state index >= 15 is 0 Å². The van der Waals surface area contributed by atoms with Crippen LogP contribution in [0.3, 0.4) is 0 Å². The molecular formula is C17H22F3N5O. The second-order valence-corrected chi connectivity index (χ2v) is 6.17. The predicted octanol–water partition coefficient (Wildman–Crippen LogP) is 2.97. The van der Waals surface area contributed by atoms with Gasteiger partial charge in [0.2, 0.25) is 5.95 Å². The molecule has 9 heteroatoms. The van der Waals surface area contributed by atoms with Crippen molar-refractivity contribution in [1.82, 2.24) is 15.0 Å². The molecule has 2 heterocycles.